The molecule has 1 fully saturated rings. The van der Waals surface area contributed by atoms with Crippen LogP contribution in [0, 0.1) is 0 Å². The lowest BCUT2D eigenvalue weighted by Gasteiger charge is -2.26. The van der Waals surface area contributed by atoms with Crippen LogP contribution in [0.2, 0.25) is 0 Å². The third-order valence-electron chi connectivity index (χ3n) is 2.37. The number of aliphatic hydroxyl groups is 1. The van der Waals surface area contributed by atoms with Crippen molar-refractivity contribution in [2.24, 2.45) is 0 Å². The minimum absolute atomic E-state index is 0.115. The predicted molar refractivity (Wildman–Crippen MR) is 57.6 cm³/mol. The summed E-state index contributed by atoms with van der Waals surface area (Å²) in [6.45, 7) is 0.384. The highest BCUT2D eigenvalue weighted by molar-refractivity contribution is 5.83. The first kappa shape index (κ1) is 11.1. The van der Waals surface area contributed by atoms with Crippen molar-refractivity contribution in [1.29, 1.82) is 0 Å². The van der Waals surface area contributed by atoms with Gasteiger partial charge in [-0.2, -0.15) is 0 Å². The Morgan fingerprint density at radius 3 is 2.75 bits per heavy atom. The van der Waals surface area contributed by atoms with E-state index in [1.54, 1.807) is 0 Å². The Hall–Kier alpha value is -1.43. The molecule has 5 nitrogen and oxygen atoms in total. The van der Waals surface area contributed by atoms with Gasteiger partial charge in [-0.1, -0.05) is 18.2 Å². The maximum atomic E-state index is 11.2. The van der Waals surface area contributed by atoms with Gasteiger partial charge in [0.15, 0.2) is 12.0 Å². The monoisotopic (exact) mass is 222 g/mol. The summed E-state index contributed by atoms with van der Waals surface area (Å²) in [5.41, 5.74) is 5.32. The molecule has 2 atom stereocenters. The zero-order valence-electron chi connectivity index (χ0n) is 8.72. The van der Waals surface area contributed by atoms with Crippen LogP contribution in [-0.4, -0.2) is 29.8 Å². The number of hydrogen-bond donors (Lipinski definition) is 3. The van der Waals surface area contributed by atoms with E-state index in [0.29, 0.717) is 6.61 Å². The molecule has 2 unspecified atom stereocenters. The second kappa shape index (κ2) is 5.07. The van der Waals surface area contributed by atoms with Crippen molar-refractivity contribution >= 4 is 5.78 Å². The Kier molecular flexibility index (Phi) is 3.51. The Morgan fingerprint density at radius 1 is 1.31 bits per heavy atom. The number of nitrogens with one attached hydrogen (secondary N) is 2. The zero-order chi connectivity index (χ0) is 11.4. The summed E-state index contributed by atoms with van der Waals surface area (Å²) in [7, 11) is 0. The van der Waals surface area contributed by atoms with Crippen molar-refractivity contribution in [3.05, 3.63) is 30.3 Å². The molecule has 0 aliphatic carbocycles. The van der Waals surface area contributed by atoms with Gasteiger partial charge in [0, 0.05) is 6.42 Å². The third kappa shape index (κ3) is 2.79. The van der Waals surface area contributed by atoms with Crippen LogP contribution < -0.4 is 15.6 Å². The summed E-state index contributed by atoms with van der Waals surface area (Å²) in [5, 5.41) is 9.12. The topological polar surface area (TPSA) is 70.6 Å². The second-order valence-corrected chi connectivity index (χ2v) is 3.68. The molecule has 3 N–H and O–H groups in total. The number of carbonyl (C=O) groups excluding carboxylic acids is 1. The Labute approximate surface area is 93.4 Å². The van der Waals surface area contributed by atoms with E-state index in [1.165, 1.54) is 0 Å². The largest absolute Gasteiger partial charge is 0.492 e. The fourth-order valence-electron chi connectivity index (χ4n) is 1.50. The first-order valence-corrected chi connectivity index (χ1v) is 5.15. The molecule has 16 heavy (non-hydrogen) atoms. The maximum absolute atomic E-state index is 11.2. The van der Waals surface area contributed by atoms with Crippen molar-refractivity contribution in [2.75, 3.05) is 6.61 Å². The van der Waals surface area contributed by atoms with E-state index in [1.807, 2.05) is 30.3 Å². The van der Waals surface area contributed by atoms with E-state index in [0.717, 1.165) is 5.75 Å². The highest BCUT2D eigenvalue weighted by Crippen LogP contribution is 2.10. The number of rotatable bonds is 3. The molecule has 0 radical (unpaired) electrons. The summed E-state index contributed by atoms with van der Waals surface area (Å²) in [5.74, 6) is 0.545. The average Bonchev–Trinajstić information content (AvgIpc) is 2.32. The highest BCUT2D eigenvalue weighted by Gasteiger charge is 2.26. The minimum atomic E-state index is -1.10. The van der Waals surface area contributed by atoms with Crippen LogP contribution in [0.1, 0.15) is 6.42 Å². The third-order valence-corrected chi connectivity index (χ3v) is 2.37. The summed E-state index contributed by atoms with van der Waals surface area (Å²) in [6.07, 6.45) is -0.839. The number of para-hydroxylation sites is 1. The molecule has 1 aromatic rings. The Bertz CT molecular complexity index is 356. The molecular weight excluding hydrogens is 208 g/mol. The van der Waals surface area contributed by atoms with Gasteiger partial charge in [-0.05, 0) is 12.1 Å². The summed E-state index contributed by atoms with van der Waals surface area (Å²) in [4.78, 5) is 11.2. The van der Waals surface area contributed by atoms with Gasteiger partial charge >= 0.3 is 0 Å². The van der Waals surface area contributed by atoms with Crippen molar-refractivity contribution in [3.63, 3.8) is 0 Å². The smallest absolute Gasteiger partial charge is 0.179 e. The van der Waals surface area contributed by atoms with Gasteiger partial charge in [0.1, 0.15) is 12.4 Å². The van der Waals surface area contributed by atoms with E-state index < -0.39 is 6.23 Å². The number of carbonyl (C=O) groups is 1. The SMILES string of the molecule is O=C1CC(COc2ccccc2)NNC1O. The minimum Gasteiger partial charge on any atom is -0.492 e. The van der Waals surface area contributed by atoms with Gasteiger partial charge < -0.3 is 9.84 Å². The molecule has 0 bridgehead atoms. The van der Waals surface area contributed by atoms with E-state index in [-0.39, 0.29) is 18.2 Å². The van der Waals surface area contributed by atoms with Gasteiger partial charge in [-0.15, -0.1) is 0 Å². The highest BCUT2D eigenvalue weighted by atomic mass is 16.5. The fraction of sp³-hybridized carbons (Fsp3) is 0.364. The molecule has 1 aliphatic heterocycles. The molecule has 86 valence electrons. The Balaban J connectivity index is 1.81. The van der Waals surface area contributed by atoms with Crippen LogP contribution in [0.25, 0.3) is 0 Å². The average molecular weight is 222 g/mol. The zero-order valence-corrected chi connectivity index (χ0v) is 8.72. The van der Waals surface area contributed by atoms with Crippen LogP contribution >= 0.6 is 0 Å². The van der Waals surface area contributed by atoms with Crippen LogP contribution in [0.15, 0.2) is 30.3 Å². The number of Topliss-reactive ketones (excluding diaryl/α,β-unsaturated/α-hetero) is 1. The lowest BCUT2D eigenvalue weighted by atomic mass is 10.1. The quantitative estimate of drug-likeness (QED) is 0.662. The van der Waals surface area contributed by atoms with E-state index in [2.05, 4.69) is 10.9 Å². The van der Waals surface area contributed by atoms with Crippen molar-refractivity contribution < 1.29 is 14.6 Å². The van der Waals surface area contributed by atoms with Crippen LogP contribution in [0.4, 0.5) is 0 Å². The molecular formula is C11H14N2O3. The Morgan fingerprint density at radius 2 is 2.06 bits per heavy atom. The number of hydrazine groups is 1. The lowest BCUT2D eigenvalue weighted by molar-refractivity contribution is -0.133. The van der Waals surface area contributed by atoms with Gasteiger partial charge in [0.05, 0.1) is 6.04 Å². The predicted octanol–water partition coefficient (Wildman–Crippen LogP) is -0.181. The van der Waals surface area contributed by atoms with Gasteiger partial charge in [-0.25, -0.2) is 10.9 Å². The van der Waals surface area contributed by atoms with Crippen LogP contribution in [-0.2, 0) is 4.79 Å². The first-order chi connectivity index (χ1) is 7.75. The first-order valence-electron chi connectivity index (χ1n) is 5.15. The van der Waals surface area contributed by atoms with E-state index >= 15 is 0 Å². The molecule has 1 heterocycles. The molecule has 0 aromatic heterocycles. The molecule has 0 spiro atoms. The van der Waals surface area contributed by atoms with Gasteiger partial charge in [0.25, 0.3) is 0 Å². The number of aliphatic hydroxyl groups excluding tert-OH is 1. The van der Waals surface area contributed by atoms with Crippen molar-refractivity contribution in [2.45, 2.75) is 18.7 Å². The number of benzene rings is 1. The van der Waals surface area contributed by atoms with Gasteiger partial charge in [-0.3, -0.25) is 4.79 Å². The molecule has 0 amide bonds. The molecule has 1 saturated heterocycles. The summed E-state index contributed by atoms with van der Waals surface area (Å²) < 4.78 is 5.49. The van der Waals surface area contributed by atoms with Crippen LogP contribution in [0.5, 0.6) is 5.75 Å². The fourth-order valence-corrected chi connectivity index (χ4v) is 1.50. The van der Waals surface area contributed by atoms with Crippen molar-refractivity contribution in [1.82, 2.24) is 10.9 Å². The van der Waals surface area contributed by atoms with Crippen LogP contribution in [0.3, 0.4) is 0 Å². The number of ketones is 1. The molecule has 1 aromatic carbocycles. The lowest BCUT2D eigenvalue weighted by Crippen LogP contribution is -2.58. The summed E-state index contributed by atoms with van der Waals surface area (Å²) >= 11 is 0. The van der Waals surface area contributed by atoms with E-state index in [4.69, 9.17) is 9.84 Å². The van der Waals surface area contributed by atoms with E-state index in [9.17, 15) is 4.79 Å². The maximum Gasteiger partial charge on any atom is 0.179 e. The number of ether oxygens (including phenoxy) is 1. The van der Waals surface area contributed by atoms with Gasteiger partial charge in [0.2, 0.25) is 0 Å². The number of hydrogen-bond acceptors (Lipinski definition) is 5. The molecule has 2 rings (SSSR count). The summed E-state index contributed by atoms with van der Waals surface area (Å²) in [6, 6.07) is 9.27. The molecule has 0 saturated carbocycles. The normalized spacial score (nSPS) is 25.4. The molecule has 5 heteroatoms. The van der Waals surface area contributed by atoms with Crippen molar-refractivity contribution in [3.8, 4) is 5.75 Å². The molecule has 1 aliphatic rings. The standard InChI is InChI=1S/C11H14N2O3/c14-10-6-8(12-13-11(10)15)7-16-9-4-2-1-3-5-9/h1-5,8,11-13,15H,6-7H2. The second-order valence-electron chi connectivity index (χ2n) is 3.68.